The molecule has 3 aliphatic rings. The van der Waals surface area contributed by atoms with E-state index in [0.29, 0.717) is 30.0 Å². The minimum atomic E-state index is 0.0803. The zero-order chi connectivity index (χ0) is 16.9. The summed E-state index contributed by atoms with van der Waals surface area (Å²) < 4.78 is 10.8. The lowest BCUT2D eigenvalue weighted by Crippen LogP contribution is -2.44. The fourth-order valence-electron chi connectivity index (χ4n) is 5.99. The zero-order valence-electron chi connectivity index (χ0n) is 14.5. The van der Waals surface area contributed by atoms with E-state index in [-0.39, 0.29) is 17.3 Å². The number of hydrogen-bond acceptors (Lipinski definition) is 4. The first-order valence-corrected chi connectivity index (χ1v) is 9.07. The maximum Gasteiger partial charge on any atom is 0.293 e. The van der Waals surface area contributed by atoms with E-state index in [1.165, 1.54) is 11.1 Å². The first-order chi connectivity index (χ1) is 11.6. The molecule has 0 aliphatic heterocycles. The molecule has 0 spiro atoms. The van der Waals surface area contributed by atoms with Gasteiger partial charge in [-0.15, -0.1) is 0 Å². The summed E-state index contributed by atoms with van der Waals surface area (Å²) in [6, 6.07) is 3.95. The second kappa shape index (κ2) is 5.68. The third kappa shape index (κ3) is 2.15. The number of rotatable bonds is 3. The molecule has 24 heavy (non-hydrogen) atoms. The van der Waals surface area contributed by atoms with Crippen LogP contribution in [0.5, 0.6) is 11.5 Å². The van der Waals surface area contributed by atoms with Crippen molar-refractivity contribution in [3.63, 3.8) is 0 Å². The number of carbonyl (C=O) groups is 1. The molecule has 0 unspecified atom stereocenters. The predicted molar refractivity (Wildman–Crippen MR) is 90.2 cm³/mol. The second-order valence-electron chi connectivity index (χ2n) is 7.98. The van der Waals surface area contributed by atoms with Crippen LogP contribution in [0.25, 0.3) is 0 Å². The topological polar surface area (TPSA) is 55.8 Å². The number of carbonyl (C=O) groups excluding carboxylic acids is 1. The molecule has 4 rings (SSSR count). The van der Waals surface area contributed by atoms with Crippen molar-refractivity contribution >= 4 is 6.47 Å². The number of aryl methyl sites for hydroxylation is 1. The van der Waals surface area contributed by atoms with Crippen molar-refractivity contribution in [2.45, 2.75) is 57.5 Å². The predicted octanol–water partition coefficient (Wildman–Crippen LogP) is 3.80. The highest BCUT2D eigenvalue weighted by Gasteiger charge is 2.55. The van der Waals surface area contributed by atoms with Crippen LogP contribution in [0.1, 0.15) is 56.1 Å². The average Bonchev–Trinajstić information content (AvgIpc) is 2.91. The minimum Gasteiger partial charge on any atom is -0.504 e. The van der Waals surface area contributed by atoms with Gasteiger partial charge in [0.15, 0.2) is 11.5 Å². The fourth-order valence-corrected chi connectivity index (χ4v) is 5.99. The Morgan fingerprint density at radius 3 is 2.83 bits per heavy atom. The van der Waals surface area contributed by atoms with Crippen LogP contribution in [-0.4, -0.2) is 24.8 Å². The van der Waals surface area contributed by atoms with E-state index in [0.717, 1.165) is 38.5 Å². The lowest BCUT2D eigenvalue weighted by atomic mass is 9.55. The summed E-state index contributed by atoms with van der Waals surface area (Å²) in [5, 5.41) is 10.1. The number of phenols is 1. The van der Waals surface area contributed by atoms with Gasteiger partial charge >= 0.3 is 0 Å². The third-order valence-electron chi connectivity index (χ3n) is 7.16. The molecule has 1 aromatic carbocycles. The highest BCUT2D eigenvalue weighted by Crippen LogP contribution is 2.61. The van der Waals surface area contributed by atoms with E-state index in [4.69, 9.17) is 9.47 Å². The quantitative estimate of drug-likeness (QED) is 0.857. The van der Waals surface area contributed by atoms with Crippen molar-refractivity contribution < 1.29 is 19.4 Å². The van der Waals surface area contributed by atoms with Gasteiger partial charge in [-0.2, -0.15) is 0 Å². The molecule has 130 valence electrons. The molecular formula is C20H26O4. The molecule has 5 atom stereocenters. The number of aromatic hydroxyl groups is 1. The van der Waals surface area contributed by atoms with E-state index < -0.39 is 0 Å². The van der Waals surface area contributed by atoms with Gasteiger partial charge in [-0.1, -0.05) is 6.92 Å². The molecule has 3 aliphatic carbocycles. The molecule has 0 radical (unpaired) electrons. The summed E-state index contributed by atoms with van der Waals surface area (Å²) in [7, 11) is 1.61. The Balaban J connectivity index is 1.67. The Morgan fingerprint density at radius 1 is 1.25 bits per heavy atom. The Bertz CT molecular complexity index is 655. The van der Waals surface area contributed by atoms with Gasteiger partial charge in [-0.25, -0.2) is 0 Å². The monoisotopic (exact) mass is 330 g/mol. The third-order valence-corrected chi connectivity index (χ3v) is 7.16. The number of benzene rings is 1. The summed E-state index contributed by atoms with van der Waals surface area (Å²) in [4.78, 5) is 10.9. The number of methoxy groups -OCH3 is 1. The van der Waals surface area contributed by atoms with Crippen molar-refractivity contribution in [1.82, 2.24) is 0 Å². The van der Waals surface area contributed by atoms with Crippen molar-refractivity contribution in [2.75, 3.05) is 7.11 Å². The van der Waals surface area contributed by atoms with E-state index >= 15 is 0 Å². The van der Waals surface area contributed by atoms with Crippen molar-refractivity contribution in [2.24, 2.45) is 17.3 Å². The molecular weight excluding hydrogens is 304 g/mol. The molecule has 0 amide bonds. The van der Waals surface area contributed by atoms with E-state index in [1.54, 1.807) is 7.11 Å². The number of hydrogen-bond donors (Lipinski definition) is 1. The maximum absolute atomic E-state index is 10.9. The molecule has 0 heterocycles. The Labute approximate surface area is 143 Å². The lowest BCUT2D eigenvalue weighted by molar-refractivity contribution is -0.141. The molecule has 1 aromatic rings. The van der Waals surface area contributed by atoms with Crippen molar-refractivity contribution in [3.05, 3.63) is 23.3 Å². The van der Waals surface area contributed by atoms with Gasteiger partial charge < -0.3 is 14.6 Å². The van der Waals surface area contributed by atoms with Gasteiger partial charge in [-0.3, -0.25) is 4.79 Å². The van der Waals surface area contributed by atoms with Crippen LogP contribution in [0, 0.1) is 17.3 Å². The second-order valence-corrected chi connectivity index (χ2v) is 7.98. The van der Waals surface area contributed by atoms with E-state index in [1.807, 2.05) is 6.07 Å². The number of fused-ring (bicyclic) bond motifs is 5. The summed E-state index contributed by atoms with van der Waals surface area (Å²) in [5.74, 6) is 2.63. The first-order valence-electron chi connectivity index (χ1n) is 9.07. The molecule has 0 saturated heterocycles. The smallest absolute Gasteiger partial charge is 0.293 e. The van der Waals surface area contributed by atoms with Crippen LogP contribution in [0.2, 0.25) is 0 Å². The average molecular weight is 330 g/mol. The Hall–Kier alpha value is -1.71. The lowest BCUT2D eigenvalue weighted by Gasteiger charge is -2.50. The molecule has 4 nitrogen and oxygen atoms in total. The highest BCUT2D eigenvalue weighted by molar-refractivity contribution is 5.49. The molecule has 1 N–H and O–H groups in total. The van der Waals surface area contributed by atoms with Gasteiger partial charge in [0.1, 0.15) is 6.10 Å². The van der Waals surface area contributed by atoms with E-state index in [2.05, 4.69) is 13.0 Å². The minimum absolute atomic E-state index is 0.0803. The van der Waals surface area contributed by atoms with Crippen LogP contribution in [0.3, 0.4) is 0 Å². The van der Waals surface area contributed by atoms with Gasteiger partial charge in [0.25, 0.3) is 6.47 Å². The fraction of sp³-hybridized carbons (Fsp3) is 0.650. The van der Waals surface area contributed by atoms with Crippen LogP contribution in [0.4, 0.5) is 0 Å². The number of phenolic OH excluding ortho intramolecular Hbond substituents is 1. The Morgan fingerprint density at radius 2 is 2.08 bits per heavy atom. The molecule has 2 saturated carbocycles. The highest BCUT2D eigenvalue weighted by atomic mass is 16.5. The number of ether oxygens (including phenoxy) is 2. The van der Waals surface area contributed by atoms with Crippen LogP contribution in [0.15, 0.2) is 12.1 Å². The largest absolute Gasteiger partial charge is 0.504 e. The summed E-state index contributed by atoms with van der Waals surface area (Å²) >= 11 is 0. The summed E-state index contributed by atoms with van der Waals surface area (Å²) in [6.45, 7) is 2.95. The van der Waals surface area contributed by atoms with Crippen LogP contribution >= 0.6 is 0 Å². The molecule has 2 fully saturated rings. The summed E-state index contributed by atoms with van der Waals surface area (Å²) in [6.07, 6.45) is 6.63. The summed E-state index contributed by atoms with van der Waals surface area (Å²) in [5.41, 5.74) is 2.76. The van der Waals surface area contributed by atoms with E-state index in [9.17, 15) is 9.90 Å². The van der Waals surface area contributed by atoms with Gasteiger partial charge in [0.2, 0.25) is 0 Å². The molecule has 4 heteroatoms. The standard InChI is InChI=1S/C20H26O4/c1-20-8-7-13-14(16(20)5-6-19(20)24-11-21)4-3-12-9-17(22)18(23-2)10-15(12)13/h9-11,13-14,16,19,22H,3-8H2,1-2H3/t13-,14+,16-,19-,20-/m0/s1. The van der Waals surface area contributed by atoms with Crippen LogP contribution < -0.4 is 4.74 Å². The van der Waals surface area contributed by atoms with Gasteiger partial charge in [0.05, 0.1) is 7.11 Å². The normalized spacial score (nSPS) is 37.1. The van der Waals surface area contributed by atoms with Gasteiger partial charge in [-0.05, 0) is 79.5 Å². The maximum atomic E-state index is 10.9. The van der Waals surface area contributed by atoms with Gasteiger partial charge in [0, 0.05) is 5.41 Å². The first kappa shape index (κ1) is 15.8. The Kier molecular flexibility index (Phi) is 3.74. The molecule has 0 bridgehead atoms. The zero-order valence-corrected chi connectivity index (χ0v) is 14.5. The van der Waals surface area contributed by atoms with Crippen LogP contribution in [-0.2, 0) is 16.0 Å². The molecule has 0 aromatic heterocycles. The van der Waals surface area contributed by atoms with Crippen molar-refractivity contribution in [1.29, 1.82) is 0 Å². The van der Waals surface area contributed by atoms with Crippen molar-refractivity contribution in [3.8, 4) is 11.5 Å². The SMILES string of the molecule is COc1cc2c(cc1O)CC[C@@H]1[C@@H]2CC[C@]2(C)[C@@H](OC=O)CC[C@@H]12.